The number of aryl methyl sites for hydroxylation is 1. The zero-order valence-electron chi connectivity index (χ0n) is 65.6. The molecule has 8 nitrogen and oxygen atoms in total. The second kappa shape index (κ2) is 19.7. The Bertz CT molecular complexity index is 9180. The van der Waals surface area contributed by atoms with Crippen LogP contribution in [0.3, 0.4) is 0 Å². The maximum absolute atomic E-state index is 12.9. The van der Waals surface area contributed by atoms with Crippen LogP contribution in [0.4, 0.5) is 0 Å². The predicted octanol–water partition coefficient (Wildman–Crippen LogP) is 21.6. The summed E-state index contributed by atoms with van der Waals surface area (Å²) in [6.45, 7) is 1.89. The molecule has 0 heterocycles. The van der Waals surface area contributed by atoms with Crippen LogP contribution in [0.5, 0.6) is 0 Å². The Morgan fingerprint density at radius 1 is 0.425 bits per heavy atom. The van der Waals surface area contributed by atoms with Crippen molar-refractivity contribution in [1.29, 1.82) is 0 Å². The van der Waals surface area contributed by atoms with E-state index in [2.05, 4.69) is 166 Å². The minimum absolute atomic E-state index is 0.119. The topological polar surface area (TPSA) is 111 Å². The Hall–Kier alpha value is -12.8. The van der Waals surface area contributed by atoms with Crippen molar-refractivity contribution < 1.29 is 27.5 Å². The van der Waals surface area contributed by atoms with Gasteiger partial charge in [0.2, 0.25) is 0 Å². The van der Waals surface area contributed by atoms with E-state index in [1.807, 2.05) is 42.8 Å². The van der Waals surface area contributed by atoms with Crippen molar-refractivity contribution in [3.8, 4) is 0 Å². The summed E-state index contributed by atoms with van der Waals surface area (Å²) >= 11 is 0. The molecule has 2 bridgehead atoms. The number of nitrogens with zero attached hydrogens (tertiary/aromatic N) is 1. The zero-order valence-corrected chi connectivity index (χ0v) is 66.4. The quantitative estimate of drug-likeness (QED) is 0.0405. The van der Waals surface area contributed by atoms with E-state index in [4.69, 9.17) is 4.74 Å². The van der Waals surface area contributed by atoms with Gasteiger partial charge in [-0.05, 0) is 352 Å². The molecule has 2 saturated carbocycles. The molecule has 13 atom stereocenters. The molecule has 13 unspecified atom stereocenters. The largest absolute Gasteiger partial charge is 0.469 e. The number of allylic oxidation sites excluding steroid dienone is 8. The SMILES string of the molecule is C1=CC2C3C4=c5c6c7c8c(ccc9c%10ccc%11c%12ccc%13c1c3c1c5c3c6c(c89)c%10c%11c3c%12c%131)C1C=CC2C4C71.COC(=O)CCCC(=NNS(=O)(=O)c1ccc(C)cc1)c1ccccc1.COC(=O)CCCC1(c2ccccc2)c2c3c4ccc2=c2ccc5c6ccc7c8c9c%10c%11c(c%12c1c2c5c(c%12%10)c86)C3=C1C=4C=CC2C1C=%11C1C2C=CC7C91. The van der Waals surface area contributed by atoms with Gasteiger partial charge >= 0.3 is 11.9 Å². The van der Waals surface area contributed by atoms with Gasteiger partial charge < -0.3 is 9.47 Å². The second-order valence-corrected chi connectivity index (χ2v) is 40.0. The molecule has 20 aromatic rings. The van der Waals surface area contributed by atoms with Gasteiger partial charge in [0.1, 0.15) is 0 Å². The molecular formula is C111H68N2O6S. The Kier molecular flexibility index (Phi) is 10.2. The van der Waals surface area contributed by atoms with Crippen LogP contribution in [0.2, 0.25) is 0 Å². The third-order valence-corrected chi connectivity index (χ3v) is 35.8. The highest BCUT2D eigenvalue weighted by Gasteiger charge is 2.64. The number of rotatable bonds is 13. The van der Waals surface area contributed by atoms with E-state index in [1.54, 1.807) is 175 Å². The lowest BCUT2D eigenvalue weighted by Crippen LogP contribution is -2.35. The van der Waals surface area contributed by atoms with Crippen LogP contribution < -0.4 is 20.5 Å². The molecule has 15 aliphatic rings. The number of methoxy groups -OCH3 is 2. The van der Waals surface area contributed by atoms with Gasteiger partial charge in [-0.1, -0.05) is 200 Å². The van der Waals surface area contributed by atoms with E-state index in [0.29, 0.717) is 96.0 Å². The van der Waals surface area contributed by atoms with Gasteiger partial charge in [0.15, 0.2) is 0 Å². The molecule has 120 heavy (non-hydrogen) atoms. The molecule has 2 fully saturated rings. The fraction of sp³-hybridized carbons (Fsp3) is 0.198. The molecule has 0 amide bonds. The Morgan fingerprint density at radius 2 is 0.958 bits per heavy atom. The number of carbonyl (C=O) groups excluding carboxylic acids is 2. The number of hydrogen-bond acceptors (Lipinski definition) is 7. The second-order valence-electron chi connectivity index (χ2n) is 38.3. The van der Waals surface area contributed by atoms with E-state index in [-0.39, 0.29) is 23.3 Å². The van der Waals surface area contributed by atoms with Crippen molar-refractivity contribution in [1.82, 2.24) is 4.83 Å². The monoisotopic (exact) mass is 1560 g/mol. The van der Waals surface area contributed by atoms with E-state index >= 15 is 0 Å². The average Bonchev–Trinajstić information content (AvgIpc) is 1.44. The molecule has 0 aromatic heterocycles. The summed E-state index contributed by atoms with van der Waals surface area (Å²) in [7, 11) is -0.883. The summed E-state index contributed by atoms with van der Waals surface area (Å²) < 4.78 is 34.8. The van der Waals surface area contributed by atoms with Crippen molar-refractivity contribution in [2.24, 2.45) is 46.5 Å². The number of ether oxygens (including phenoxy) is 2. The summed E-state index contributed by atoms with van der Waals surface area (Å²) in [4.78, 5) is 26.7. The molecule has 0 aliphatic heterocycles. The Balaban J connectivity index is 0.0000000910. The van der Waals surface area contributed by atoms with Crippen molar-refractivity contribution in [3.63, 3.8) is 0 Å². The average molecular weight is 1560 g/mol. The van der Waals surface area contributed by atoms with E-state index < -0.39 is 15.4 Å². The van der Waals surface area contributed by atoms with E-state index in [1.165, 1.54) is 124 Å². The third kappa shape index (κ3) is 6.17. The molecule has 35 rings (SSSR count). The molecule has 15 aliphatic carbocycles. The molecule has 564 valence electrons. The molecule has 0 radical (unpaired) electrons. The Morgan fingerprint density at radius 3 is 1.62 bits per heavy atom. The summed E-state index contributed by atoms with van der Waals surface area (Å²) in [6, 6.07) is 57.3. The number of carbonyl (C=O) groups is 2. The van der Waals surface area contributed by atoms with Crippen LogP contribution in [-0.4, -0.2) is 40.3 Å². The summed E-state index contributed by atoms with van der Waals surface area (Å²) in [5.41, 5.74) is 27.6. The van der Waals surface area contributed by atoms with Crippen LogP contribution in [0.15, 0.2) is 216 Å². The summed E-state index contributed by atoms with van der Waals surface area (Å²) in [5, 5.41) is 55.6. The van der Waals surface area contributed by atoms with Crippen LogP contribution in [0.25, 0.3) is 179 Å². The lowest BCUT2D eigenvalue weighted by Gasteiger charge is -2.41. The van der Waals surface area contributed by atoms with Crippen LogP contribution in [-0.2, 0) is 34.5 Å². The lowest BCUT2D eigenvalue weighted by atomic mass is 9.61. The maximum atomic E-state index is 12.9. The number of fused-ring (bicyclic) bond motifs is 8. The van der Waals surface area contributed by atoms with Crippen LogP contribution >= 0.6 is 0 Å². The molecule has 20 aromatic carbocycles. The van der Waals surface area contributed by atoms with Gasteiger partial charge in [-0.2, -0.15) is 18.4 Å². The first-order valence-electron chi connectivity index (χ1n) is 43.7. The zero-order chi connectivity index (χ0) is 77.8. The molecular weight excluding hydrogens is 1490 g/mol. The van der Waals surface area contributed by atoms with Crippen molar-refractivity contribution in [3.05, 3.63) is 304 Å². The maximum Gasteiger partial charge on any atom is 0.305 e. The van der Waals surface area contributed by atoms with E-state index in [9.17, 15) is 18.0 Å². The number of nitrogens with one attached hydrogen (secondary N) is 1. The minimum atomic E-state index is -3.76. The fourth-order valence-electron chi connectivity index (χ4n) is 31.3. The minimum Gasteiger partial charge on any atom is -0.469 e. The van der Waals surface area contributed by atoms with Gasteiger partial charge in [-0.25, -0.2) is 0 Å². The van der Waals surface area contributed by atoms with Gasteiger partial charge in [0, 0.05) is 53.8 Å². The van der Waals surface area contributed by atoms with Gasteiger partial charge in [0.25, 0.3) is 10.0 Å². The lowest BCUT2D eigenvalue weighted by molar-refractivity contribution is -0.141. The smallest absolute Gasteiger partial charge is 0.305 e. The number of hydrazone groups is 1. The normalized spacial score (nSPS) is 25.8. The number of hydrogen-bond donors (Lipinski definition) is 1. The summed E-state index contributed by atoms with van der Waals surface area (Å²) in [6.07, 6.45) is 24.3. The first-order valence-corrected chi connectivity index (χ1v) is 45.2. The molecule has 0 spiro atoms. The van der Waals surface area contributed by atoms with Gasteiger partial charge in [-0.3, -0.25) is 9.59 Å². The van der Waals surface area contributed by atoms with Crippen LogP contribution in [0.1, 0.15) is 140 Å². The number of sulfonamides is 1. The standard InChI is InChI=1S/C52H30O2.C40H16.C19H22N2O4S/c1-54-31(53)8-5-19-52(20-6-3-2-4-7-20)50-30-18-17-28-27-14-13-24-23-10-9-21-22-11-12-25-26-15-16-29(30)39-38(26)43-35(25)34(22)41-32(21)33(23)42-36(24)37(27)44(40(28)50)48-46(42)45(41)47(43)49(48)51(39)52;1-2-12-14-5-6-16-18-9-10-20-19-8-7-17-15-4-3-13-11(1)21-22(12)32-24(14)26(16)34-29(18)30(20)35-28(19)27(17)33-25(15)23(13)31(21)36-37(32)39(34)40(35)38(33)36;1-15-11-13-17(14-12-15)26(23,24)21-20-18(9-6-10-19(22)25-2)16-7-4-3-5-8-16/h2-4,6-7,9-18,21,23-24,32-33,36H,5,8,19H2,1H3;1-13,21-23H;3-5,7-8,11-14,21H,6,9-10H2,1-2H3. The molecule has 9 heteroatoms. The van der Waals surface area contributed by atoms with E-state index in [0.717, 1.165) is 24.0 Å². The highest BCUT2D eigenvalue weighted by Crippen LogP contribution is 2.77. The third-order valence-electron chi connectivity index (χ3n) is 34.6. The highest BCUT2D eigenvalue weighted by atomic mass is 32.2. The number of esters is 2. The van der Waals surface area contributed by atoms with Crippen molar-refractivity contribution in [2.75, 3.05) is 14.2 Å². The van der Waals surface area contributed by atoms with Crippen molar-refractivity contribution >= 4 is 207 Å². The molecule has 1 N–H and O–H groups in total. The first kappa shape index (κ1) is 62.4. The van der Waals surface area contributed by atoms with Gasteiger partial charge in [-0.15, -0.1) is 0 Å². The van der Waals surface area contributed by atoms with Crippen molar-refractivity contribution in [2.45, 2.75) is 85.3 Å². The summed E-state index contributed by atoms with van der Waals surface area (Å²) in [5.74, 6) is 6.14. The number of benzene rings is 14. The highest BCUT2D eigenvalue weighted by molar-refractivity contribution is 7.89. The predicted molar refractivity (Wildman–Crippen MR) is 481 cm³/mol. The molecule has 0 saturated heterocycles. The Labute approximate surface area is 684 Å². The van der Waals surface area contributed by atoms with Crippen LogP contribution in [0, 0.1) is 58.8 Å². The van der Waals surface area contributed by atoms with Gasteiger partial charge in [0.05, 0.1) is 24.8 Å². The fourth-order valence-corrected chi connectivity index (χ4v) is 32.1. The first-order chi connectivity index (χ1) is 59.1.